The molecule has 0 aliphatic heterocycles. The maximum atomic E-state index is 12.5. The third-order valence-corrected chi connectivity index (χ3v) is 17.1. The summed E-state index contributed by atoms with van der Waals surface area (Å²) < 4.78 is 5.48. The second-order valence-corrected chi connectivity index (χ2v) is 25.3. The topological polar surface area (TPSA) is 95.9 Å². The molecule has 0 saturated heterocycles. The fourth-order valence-corrected chi connectivity index (χ4v) is 11.4. The van der Waals surface area contributed by atoms with Crippen LogP contribution in [0.2, 0.25) is 0 Å². The minimum absolute atomic E-state index is 0.00263. The van der Waals surface area contributed by atoms with Gasteiger partial charge in [-0.05, 0) is 89.9 Å². The van der Waals surface area contributed by atoms with E-state index in [1.54, 1.807) is 6.08 Å². The first-order valence-electron chi connectivity index (χ1n) is 36.9. The summed E-state index contributed by atoms with van der Waals surface area (Å²) in [6.45, 7) is 4.92. The minimum Gasteiger partial charge on any atom is -0.466 e. The van der Waals surface area contributed by atoms with E-state index in [9.17, 15) is 19.8 Å². The third-order valence-electron chi connectivity index (χ3n) is 17.1. The Morgan fingerprint density at radius 1 is 0.341 bits per heavy atom. The van der Waals surface area contributed by atoms with Crippen molar-refractivity contribution in [3.63, 3.8) is 0 Å². The van der Waals surface area contributed by atoms with Crippen LogP contribution in [0.1, 0.15) is 399 Å². The molecule has 6 nitrogen and oxygen atoms in total. The van der Waals surface area contributed by atoms with Crippen LogP contribution in [0.5, 0.6) is 0 Å². The van der Waals surface area contributed by atoms with E-state index in [0.29, 0.717) is 19.4 Å². The van der Waals surface area contributed by atoms with Gasteiger partial charge in [-0.3, -0.25) is 9.59 Å². The van der Waals surface area contributed by atoms with Gasteiger partial charge in [-0.2, -0.15) is 0 Å². The van der Waals surface area contributed by atoms with Crippen molar-refractivity contribution in [3.8, 4) is 0 Å². The molecule has 0 aromatic heterocycles. The lowest BCUT2D eigenvalue weighted by atomic mass is 10.0. The molecule has 2 unspecified atom stereocenters. The minimum atomic E-state index is -0.847. The third kappa shape index (κ3) is 67.0. The Kier molecular flexibility index (Phi) is 69.4. The van der Waals surface area contributed by atoms with Crippen LogP contribution >= 0.6 is 0 Å². The van der Waals surface area contributed by atoms with Crippen LogP contribution in [0.25, 0.3) is 0 Å². The fraction of sp³-hybridized carbons (Fsp3) is 0.868. The first-order valence-corrected chi connectivity index (χ1v) is 36.9. The van der Waals surface area contributed by atoms with Gasteiger partial charge in [0.2, 0.25) is 5.91 Å². The Bertz CT molecular complexity index is 1370. The van der Waals surface area contributed by atoms with Crippen LogP contribution in [0.4, 0.5) is 0 Å². The van der Waals surface area contributed by atoms with Crippen molar-refractivity contribution in [2.75, 3.05) is 13.2 Å². The molecule has 82 heavy (non-hydrogen) atoms. The first kappa shape index (κ1) is 79.8. The maximum Gasteiger partial charge on any atom is 0.305 e. The van der Waals surface area contributed by atoms with Gasteiger partial charge in [0, 0.05) is 12.8 Å². The normalized spacial score (nSPS) is 12.8. The average molecular weight is 1150 g/mol. The molecule has 0 aliphatic carbocycles. The van der Waals surface area contributed by atoms with Crippen LogP contribution in [-0.2, 0) is 14.3 Å². The van der Waals surface area contributed by atoms with Gasteiger partial charge in [0.15, 0.2) is 0 Å². The predicted octanol–water partition coefficient (Wildman–Crippen LogP) is 24.0. The van der Waals surface area contributed by atoms with Crippen LogP contribution < -0.4 is 5.32 Å². The second kappa shape index (κ2) is 71.3. The molecule has 0 fully saturated rings. The molecule has 0 heterocycles. The van der Waals surface area contributed by atoms with Crippen molar-refractivity contribution in [2.45, 2.75) is 411 Å². The standard InChI is InChI=1S/C76H143NO5/c1-3-5-7-9-11-13-15-17-18-19-20-21-29-32-35-38-41-45-48-52-56-60-64-68-74(79)73(72-78)77-75(80)69-65-61-57-53-49-46-42-39-36-33-30-27-25-23-22-24-26-28-31-34-37-40-43-47-51-55-59-63-67-71-82-76(81)70-66-62-58-54-50-44-16-14-12-10-8-6-4-2/h14,16,22,24,28,31,64,68,73-74,78-79H,3-13,15,17-21,23,25-27,29-30,32-63,65-67,69-72H2,1-2H3,(H,77,80)/b16-14-,24-22-,31-28-,68-64+. The van der Waals surface area contributed by atoms with Gasteiger partial charge in [0.25, 0.3) is 0 Å². The molecule has 0 aromatic rings. The molecule has 2 atom stereocenters. The number of amides is 1. The van der Waals surface area contributed by atoms with Crippen molar-refractivity contribution in [3.05, 3.63) is 48.6 Å². The Morgan fingerprint density at radius 2 is 0.610 bits per heavy atom. The van der Waals surface area contributed by atoms with Crippen molar-refractivity contribution in [2.24, 2.45) is 0 Å². The van der Waals surface area contributed by atoms with Crippen molar-refractivity contribution < 1.29 is 24.5 Å². The number of hydrogen-bond acceptors (Lipinski definition) is 5. The molecule has 482 valence electrons. The van der Waals surface area contributed by atoms with E-state index in [0.717, 1.165) is 51.4 Å². The summed E-state index contributed by atoms with van der Waals surface area (Å²) in [5.41, 5.74) is 0. The van der Waals surface area contributed by atoms with Crippen molar-refractivity contribution in [1.29, 1.82) is 0 Å². The number of ether oxygens (including phenoxy) is 1. The quantitative estimate of drug-likeness (QED) is 0.0320. The smallest absolute Gasteiger partial charge is 0.305 e. The SMILES string of the molecule is CCCCCC/C=C\CCCCCCCC(=O)OCCCCCCCCCCC/C=C\C/C=C\CCCCCCCCCCCCCCCC(=O)NC(CO)C(O)/C=C/CCCCCCCCCCCCCCCCCCCCCCC. The Hall–Kier alpha value is -2.18. The summed E-state index contributed by atoms with van der Waals surface area (Å²) in [6.07, 6.45) is 93.4. The summed E-state index contributed by atoms with van der Waals surface area (Å²) in [7, 11) is 0. The monoisotopic (exact) mass is 1150 g/mol. The number of carbonyl (C=O) groups excluding carboxylic acids is 2. The summed E-state index contributed by atoms with van der Waals surface area (Å²) in [6, 6.07) is -0.631. The fourth-order valence-electron chi connectivity index (χ4n) is 11.4. The zero-order chi connectivity index (χ0) is 59.2. The lowest BCUT2D eigenvalue weighted by Gasteiger charge is -2.20. The lowest BCUT2D eigenvalue weighted by molar-refractivity contribution is -0.143. The lowest BCUT2D eigenvalue weighted by Crippen LogP contribution is -2.45. The van der Waals surface area contributed by atoms with Gasteiger partial charge in [0.1, 0.15) is 0 Å². The summed E-state index contributed by atoms with van der Waals surface area (Å²) in [4.78, 5) is 24.6. The molecule has 0 radical (unpaired) electrons. The molecule has 0 bridgehead atoms. The molecule has 0 rings (SSSR count). The number of allylic oxidation sites excluding steroid dienone is 7. The molecular formula is C76H143NO5. The van der Waals surface area contributed by atoms with Crippen LogP contribution in [0.15, 0.2) is 48.6 Å². The number of aliphatic hydroxyl groups excluding tert-OH is 2. The number of hydrogen-bond donors (Lipinski definition) is 3. The molecular weight excluding hydrogens is 1010 g/mol. The van der Waals surface area contributed by atoms with Crippen molar-refractivity contribution in [1.82, 2.24) is 5.32 Å². The number of aliphatic hydroxyl groups is 2. The predicted molar refractivity (Wildman–Crippen MR) is 361 cm³/mol. The first-order chi connectivity index (χ1) is 40.5. The molecule has 0 saturated carbocycles. The van der Waals surface area contributed by atoms with Crippen LogP contribution in [0, 0.1) is 0 Å². The number of rotatable bonds is 69. The average Bonchev–Trinajstić information content (AvgIpc) is 3.48. The van der Waals surface area contributed by atoms with Gasteiger partial charge >= 0.3 is 5.97 Å². The summed E-state index contributed by atoms with van der Waals surface area (Å²) in [5.74, 6) is -0.0626. The molecule has 0 aliphatic rings. The summed E-state index contributed by atoms with van der Waals surface area (Å²) in [5, 5.41) is 23.3. The molecule has 1 amide bonds. The van der Waals surface area contributed by atoms with E-state index >= 15 is 0 Å². The van der Waals surface area contributed by atoms with E-state index in [1.165, 1.54) is 321 Å². The highest BCUT2D eigenvalue weighted by Gasteiger charge is 2.18. The zero-order valence-electron chi connectivity index (χ0n) is 55.2. The molecule has 3 N–H and O–H groups in total. The highest BCUT2D eigenvalue weighted by molar-refractivity contribution is 5.76. The van der Waals surface area contributed by atoms with E-state index in [4.69, 9.17) is 4.74 Å². The van der Waals surface area contributed by atoms with E-state index in [2.05, 4.69) is 55.6 Å². The molecule has 6 heteroatoms. The van der Waals surface area contributed by atoms with Gasteiger partial charge < -0.3 is 20.3 Å². The van der Waals surface area contributed by atoms with E-state index in [-0.39, 0.29) is 18.5 Å². The Morgan fingerprint density at radius 3 is 0.951 bits per heavy atom. The highest BCUT2D eigenvalue weighted by atomic mass is 16.5. The maximum absolute atomic E-state index is 12.5. The molecule has 0 spiro atoms. The number of esters is 1. The number of nitrogens with one attached hydrogen (secondary N) is 1. The van der Waals surface area contributed by atoms with Gasteiger partial charge in [-0.15, -0.1) is 0 Å². The number of unbranched alkanes of at least 4 members (excludes halogenated alkanes) is 52. The number of carbonyl (C=O) groups is 2. The van der Waals surface area contributed by atoms with Crippen LogP contribution in [0.3, 0.4) is 0 Å². The summed E-state index contributed by atoms with van der Waals surface area (Å²) >= 11 is 0. The van der Waals surface area contributed by atoms with Gasteiger partial charge in [-0.1, -0.05) is 345 Å². The second-order valence-electron chi connectivity index (χ2n) is 25.3. The largest absolute Gasteiger partial charge is 0.466 e. The van der Waals surface area contributed by atoms with Crippen molar-refractivity contribution >= 4 is 11.9 Å². The zero-order valence-corrected chi connectivity index (χ0v) is 55.2. The molecule has 0 aromatic carbocycles. The van der Waals surface area contributed by atoms with E-state index < -0.39 is 12.1 Å². The Balaban J connectivity index is 3.44. The van der Waals surface area contributed by atoms with Gasteiger partial charge in [0.05, 0.1) is 25.4 Å². The van der Waals surface area contributed by atoms with E-state index in [1.807, 2.05) is 6.08 Å². The highest BCUT2D eigenvalue weighted by Crippen LogP contribution is 2.18. The Labute approximate surface area is 512 Å². The van der Waals surface area contributed by atoms with Crippen LogP contribution in [-0.4, -0.2) is 47.4 Å². The van der Waals surface area contributed by atoms with Gasteiger partial charge in [-0.25, -0.2) is 0 Å².